The average molecular weight is 411 g/mol. The fraction of sp³-hybridized carbons (Fsp3) is 0.300. The van der Waals surface area contributed by atoms with Gasteiger partial charge in [0.2, 0.25) is 5.91 Å². The van der Waals surface area contributed by atoms with Crippen molar-refractivity contribution in [1.29, 1.82) is 10.5 Å². The number of amides is 1. The van der Waals surface area contributed by atoms with Gasteiger partial charge in [-0.2, -0.15) is 10.5 Å². The molecule has 2 aromatic rings. The number of anilines is 2. The number of hydrogen-bond donors (Lipinski definition) is 3. The number of ether oxygens (including phenoxy) is 1. The lowest BCUT2D eigenvalue weighted by Crippen LogP contribution is -2.11. The first-order valence-electron chi connectivity index (χ1n) is 8.78. The molecule has 0 saturated heterocycles. The zero-order valence-electron chi connectivity index (χ0n) is 16.2. The Labute approximate surface area is 173 Å². The highest BCUT2D eigenvalue weighted by molar-refractivity contribution is 7.99. The summed E-state index contributed by atoms with van der Waals surface area (Å²) in [6.07, 6.45) is 0. The molecule has 1 aromatic carbocycles. The monoisotopic (exact) mass is 411 g/mol. The molecule has 0 aliphatic carbocycles. The number of methoxy groups -OCH3 is 1. The summed E-state index contributed by atoms with van der Waals surface area (Å²) in [6.45, 7) is 1.99. The summed E-state index contributed by atoms with van der Waals surface area (Å²) in [5.41, 5.74) is 2.23. The Balaban J connectivity index is 2.62. The molecular formula is C20H21N5O3S. The van der Waals surface area contributed by atoms with Gasteiger partial charge in [0.25, 0.3) is 0 Å². The highest BCUT2D eigenvalue weighted by atomic mass is 32.2. The van der Waals surface area contributed by atoms with E-state index in [-0.39, 0.29) is 24.6 Å². The largest absolute Gasteiger partial charge is 0.395 e. The lowest BCUT2D eigenvalue weighted by molar-refractivity contribution is -0.114. The van der Waals surface area contributed by atoms with Crippen molar-refractivity contribution >= 4 is 29.2 Å². The third kappa shape index (κ3) is 5.69. The lowest BCUT2D eigenvalue weighted by atomic mass is 9.96. The first-order valence-corrected chi connectivity index (χ1v) is 9.77. The van der Waals surface area contributed by atoms with E-state index in [1.54, 1.807) is 31.4 Å². The molecule has 0 aliphatic heterocycles. The summed E-state index contributed by atoms with van der Waals surface area (Å²) in [4.78, 5) is 15.7. The van der Waals surface area contributed by atoms with Crippen LogP contribution in [0.15, 0.2) is 29.3 Å². The van der Waals surface area contributed by atoms with Gasteiger partial charge in [0.05, 0.1) is 18.8 Å². The van der Waals surface area contributed by atoms with Crippen molar-refractivity contribution in [2.75, 3.05) is 43.3 Å². The Kier molecular flexibility index (Phi) is 8.44. The molecule has 1 heterocycles. The van der Waals surface area contributed by atoms with Gasteiger partial charge in [-0.25, -0.2) is 4.98 Å². The third-order valence-corrected chi connectivity index (χ3v) is 4.75. The molecule has 0 bridgehead atoms. The van der Waals surface area contributed by atoms with Crippen molar-refractivity contribution in [3.05, 3.63) is 35.4 Å². The van der Waals surface area contributed by atoms with Crippen LogP contribution in [0.1, 0.15) is 18.1 Å². The third-order valence-electron chi connectivity index (χ3n) is 3.81. The van der Waals surface area contributed by atoms with Gasteiger partial charge >= 0.3 is 0 Å². The Morgan fingerprint density at radius 3 is 2.48 bits per heavy atom. The van der Waals surface area contributed by atoms with Gasteiger partial charge in [-0.15, -0.1) is 11.8 Å². The molecule has 1 amide bonds. The number of carbonyl (C=O) groups excluding carboxylic acids is 1. The van der Waals surface area contributed by atoms with E-state index in [2.05, 4.69) is 27.8 Å². The minimum atomic E-state index is -0.190. The summed E-state index contributed by atoms with van der Waals surface area (Å²) in [6, 6.07) is 11.2. The van der Waals surface area contributed by atoms with Crippen LogP contribution in [-0.4, -0.2) is 48.6 Å². The second kappa shape index (κ2) is 11.0. The highest BCUT2D eigenvalue weighted by Crippen LogP contribution is 2.36. The topological polar surface area (TPSA) is 131 Å². The quantitative estimate of drug-likeness (QED) is 0.424. The van der Waals surface area contributed by atoms with E-state index in [0.29, 0.717) is 45.6 Å². The number of pyridine rings is 1. The minimum Gasteiger partial charge on any atom is -0.395 e. The number of carbonyl (C=O) groups is 1. The smallest absolute Gasteiger partial charge is 0.221 e. The van der Waals surface area contributed by atoms with Crippen molar-refractivity contribution in [2.45, 2.75) is 11.9 Å². The summed E-state index contributed by atoms with van der Waals surface area (Å²) in [7, 11) is 1.59. The first-order chi connectivity index (χ1) is 14.0. The van der Waals surface area contributed by atoms with Crippen LogP contribution in [0.25, 0.3) is 11.1 Å². The van der Waals surface area contributed by atoms with E-state index in [0.717, 1.165) is 0 Å². The van der Waals surface area contributed by atoms with E-state index in [4.69, 9.17) is 9.84 Å². The van der Waals surface area contributed by atoms with Crippen LogP contribution in [0, 0.1) is 22.7 Å². The zero-order chi connectivity index (χ0) is 21.2. The van der Waals surface area contributed by atoms with Gasteiger partial charge in [0, 0.05) is 37.6 Å². The number of thioether (sulfide) groups is 1. The van der Waals surface area contributed by atoms with E-state index in [9.17, 15) is 15.3 Å². The molecular weight excluding hydrogens is 390 g/mol. The number of hydrogen-bond acceptors (Lipinski definition) is 8. The molecule has 0 radical (unpaired) electrons. The maximum absolute atomic E-state index is 11.2. The van der Waals surface area contributed by atoms with Crippen molar-refractivity contribution in [3.8, 4) is 23.3 Å². The molecule has 0 aliphatic rings. The van der Waals surface area contributed by atoms with Gasteiger partial charge in [-0.1, -0.05) is 12.1 Å². The molecule has 29 heavy (non-hydrogen) atoms. The molecule has 0 unspecified atom stereocenters. The maximum atomic E-state index is 11.2. The number of aliphatic hydroxyl groups is 1. The molecule has 0 atom stereocenters. The summed E-state index contributed by atoms with van der Waals surface area (Å²) >= 11 is 1.36. The van der Waals surface area contributed by atoms with Crippen molar-refractivity contribution < 1.29 is 14.6 Å². The standard InChI is InChI=1S/C20H21N5O3S/c1-13(27)24-15-5-3-14(4-6-15)18-16(11-21)19(23-7-8-26)25-20(17(18)12-22)29-10-9-28-2/h3-6,26H,7-10H2,1-2H3,(H,23,25)(H,24,27). The predicted molar refractivity (Wildman–Crippen MR) is 112 cm³/mol. The van der Waals surface area contributed by atoms with Gasteiger partial charge in [-0.05, 0) is 17.7 Å². The molecule has 0 saturated carbocycles. The number of rotatable bonds is 9. The molecule has 1 aromatic heterocycles. The fourth-order valence-corrected chi connectivity index (χ4v) is 3.51. The van der Waals surface area contributed by atoms with Crippen LogP contribution < -0.4 is 10.6 Å². The summed E-state index contributed by atoms with van der Waals surface area (Å²) < 4.78 is 5.07. The zero-order valence-corrected chi connectivity index (χ0v) is 17.0. The van der Waals surface area contributed by atoms with Crippen molar-refractivity contribution in [1.82, 2.24) is 4.98 Å². The predicted octanol–water partition coefficient (Wildman–Crippen LogP) is 2.59. The first kappa shape index (κ1) is 22.2. The normalized spacial score (nSPS) is 10.1. The van der Waals surface area contributed by atoms with Crippen LogP contribution in [0.5, 0.6) is 0 Å². The molecule has 2 rings (SSSR count). The van der Waals surface area contributed by atoms with E-state index in [1.165, 1.54) is 18.7 Å². The number of aliphatic hydroxyl groups excluding tert-OH is 1. The summed E-state index contributed by atoms with van der Waals surface area (Å²) in [5.74, 6) is 0.704. The number of aromatic nitrogens is 1. The Bertz CT molecular complexity index is 949. The van der Waals surface area contributed by atoms with Crippen LogP contribution in [-0.2, 0) is 9.53 Å². The van der Waals surface area contributed by atoms with Gasteiger partial charge in [0.15, 0.2) is 0 Å². The van der Waals surface area contributed by atoms with Gasteiger partial charge < -0.3 is 20.5 Å². The number of nitrogens with zero attached hydrogens (tertiary/aromatic N) is 3. The van der Waals surface area contributed by atoms with E-state index < -0.39 is 0 Å². The summed E-state index contributed by atoms with van der Waals surface area (Å²) in [5, 5.41) is 34.8. The Morgan fingerprint density at radius 2 is 1.93 bits per heavy atom. The van der Waals surface area contributed by atoms with Crippen LogP contribution in [0.4, 0.5) is 11.5 Å². The SMILES string of the molecule is COCCSc1nc(NCCO)c(C#N)c(-c2ccc(NC(C)=O)cc2)c1C#N. The van der Waals surface area contributed by atoms with Crippen LogP contribution >= 0.6 is 11.8 Å². The average Bonchev–Trinajstić information content (AvgIpc) is 2.71. The van der Waals surface area contributed by atoms with E-state index >= 15 is 0 Å². The molecule has 3 N–H and O–H groups in total. The number of benzene rings is 1. The minimum absolute atomic E-state index is 0.126. The number of nitrogens with one attached hydrogen (secondary N) is 2. The second-order valence-electron chi connectivity index (χ2n) is 5.86. The van der Waals surface area contributed by atoms with Crippen molar-refractivity contribution in [2.24, 2.45) is 0 Å². The van der Waals surface area contributed by atoms with Gasteiger partial charge in [-0.3, -0.25) is 4.79 Å². The molecule has 150 valence electrons. The molecule has 8 nitrogen and oxygen atoms in total. The second-order valence-corrected chi connectivity index (χ2v) is 6.95. The Hall–Kier alpha value is -3.11. The molecule has 9 heteroatoms. The van der Waals surface area contributed by atoms with E-state index in [1.807, 2.05) is 0 Å². The van der Waals surface area contributed by atoms with Gasteiger partial charge in [0.1, 0.15) is 28.5 Å². The van der Waals surface area contributed by atoms with Crippen molar-refractivity contribution in [3.63, 3.8) is 0 Å². The van der Waals surface area contributed by atoms with Crippen LogP contribution in [0.3, 0.4) is 0 Å². The Morgan fingerprint density at radius 1 is 1.24 bits per heavy atom. The highest BCUT2D eigenvalue weighted by Gasteiger charge is 2.21. The molecule has 0 spiro atoms. The fourth-order valence-electron chi connectivity index (χ4n) is 2.62. The lowest BCUT2D eigenvalue weighted by Gasteiger charge is -2.16. The van der Waals surface area contributed by atoms with Crippen LogP contribution in [0.2, 0.25) is 0 Å². The maximum Gasteiger partial charge on any atom is 0.221 e. The molecule has 0 fully saturated rings. The number of nitriles is 2.